The number of hydrogen-bond acceptors (Lipinski definition) is 2. The Morgan fingerprint density at radius 1 is 1.30 bits per heavy atom. The largest absolute Gasteiger partial charge is 0.481 e. The lowest BCUT2D eigenvalue weighted by atomic mass is 9.58. The van der Waals surface area contributed by atoms with Gasteiger partial charge in [-0.2, -0.15) is 0 Å². The molecule has 0 amide bonds. The van der Waals surface area contributed by atoms with Crippen LogP contribution in [0, 0.1) is 17.3 Å². The van der Waals surface area contributed by atoms with Gasteiger partial charge in [0.25, 0.3) is 0 Å². The lowest BCUT2D eigenvalue weighted by Crippen LogP contribution is -2.44. The van der Waals surface area contributed by atoms with Crippen LogP contribution in [-0.2, 0) is 9.53 Å². The molecule has 0 saturated carbocycles. The highest BCUT2D eigenvalue weighted by molar-refractivity contribution is 5.77. The summed E-state index contributed by atoms with van der Waals surface area (Å²) in [4.78, 5) is 11.8. The van der Waals surface area contributed by atoms with Crippen molar-refractivity contribution in [3.05, 3.63) is 34.4 Å². The first-order chi connectivity index (χ1) is 10.9. The van der Waals surface area contributed by atoms with Crippen LogP contribution in [0.25, 0.3) is 0 Å². The van der Waals surface area contributed by atoms with Crippen molar-refractivity contribution in [3.8, 4) is 0 Å². The Balaban J connectivity index is 2.14. The van der Waals surface area contributed by atoms with Gasteiger partial charge in [-0.1, -0.05) is 42.7 Å². The summed E-state index contributed by atoms with van der Waals surface area (Å²) in [5.41, 5.74) is 5.51. The first kappa shape index (κ1) is 16.5. The summed E-state index contributed by atoms with van der Waals surface area (Å²) in [5.74, 6) is -0.922. The summed E-state index contributed by atoms with van der Waals surface area (Å²) in [6.07, 6.45) is 8.87. The SMILES string of the molecule is CO[C@H]1C2=C(CC=C[C@@H]2C(=O)O)CCC2=C(C)CC[C@@H]1C2(C)C. The fourth-order valence-electron chi connectivity index (χ4n) is 5.13. The van der Waals surface area contributed by atoms with E-state index in [4.69, 9.17) is 4.74 Å². The van der Waals surface area contributed by atoms with Crippen LogP contribution < -0.4 is 0 Å². The fourth-order valence-corrected chi connectivity index (χ4v) is 5.13. The van der Waals surface area contributed by atoms with Gasteiger partial charge in [0.05, 0.1) is 12.0 Å². The van der Waals surface area contributed by atoms with Crippen LogP contribution in [-0.4, -0.2) is 24.3 Å². The summed E-state index contributed by atoms with van der Waals surface area (Å²) in [7, 11) is 1.75. The molecule has 3 rings (SSSR count). The van der Waals surface area contributed by atoms with Crippen molar-refractivity contribution >= 4 is 5.97 Å². The van der Waals surface area contributed by atoms with Gasteiger partial charge in [-0.15, -0.1) is 0 Å². The number of rotatable bonds is 2. The topological polar surface area (TPSA) is 46.5 Å². The minimum Gasteiger partial charge on any atom is -0.481 e. The van der Waals surface area contributed by atoms with E-state index in [0.29, 0.717) is 5.92 Å². The number of carboxylic acids is 1. The van der Waals surface area contributed by atoms with Crippen molar-refractivity contribution in [2.75, 3.05) is 7.11 Å². The first-order valence-electron chi connectivity index (χ1n) is 8.71. The number of carboxylic acid groups (broad SMARTS) is 1. The van der Waals surface area contributed by atoms with Gasteiger partial charge in [-0.3, -0.25) is 4.79 Å². The maximum Gasteiger partial charge on any atom is 0.314 e. The minimum absolute atomic E-state index is 0.0752. The lowest BCUT2D eigenvalue weighted by molar-refractivity contribution is -0.139. The van der Waals surface area contributed by atoms with Crippen molar-refractivity contribution in [1.82, 2.24) is 0 Å². The van der Waals surface area contributed by atoms with Crippen LogP contribution in [0.4, 0.5) is 0 Å². The van der Waals surface area contributed by atoms with Crippen molar-refractivity contribution < 1.29 is 14.6 Å². The molecule has 3 heteroatoms. The average molecular weight is 316 g/mol. The zero-order chi connectivity index (χ0) is 16.8. The molecule has 3 atom stereocenters. The highest BCUT2D eigenvalue weighted by Crippen LogP contribution is 2.53. The normalized spacial score (nSPS) is 33.1. The second-order valence-electron chi connectivity index (χ2n) is 7.79. The Morgan fingerprint density at radius 3 is 2.70 bits per heavy atom. The zero-order valence-corrected chi connectivity index (χ0v) is 14.7. The Hall–Kier alpha value is -1.35. The van der Waals surface area contributed by atoms with Crippen LogP contribution in [0.5, 0.6) is 0 Å². The van der Waals surface area contributed by atoms with Gasteiger partial charge in [-0.05, 0) is 55.9 Å². The smallest absolute Gasteiger partial charge is 0.314 e. The molecule has 0 fully saturated rings. The molecule has 0 aromatic carbocycles. The maximum absolute atomic E-state index is 11.8. The Bertz CT molecular complexity index is 606. The van der Waals surface area contributed by atoms with E-state index in [1.54, 1.807) is 12.7 Å². The predicted molar refractivity (Wildman–Crippen MR) is 91.1 cm³/mol. The fraction of sp³-hybridized carbons (Fsp3) is 0.650. The number of ether oxygens (including phenoxy) is 1. The van der Waals surface area contributed by atoms with Gasteiger partial charge in [0.1, 0.15) is 0 Å². The van der Waals surface area contributed by atoms with Gasteiger partial charge >= 0.3 is 5.97 Å². The van der Waals surface area contributed by atoms with Gasteiger partial charge in [0.2, 0.25) is 0 Å². The molecule has 0 aromatic rings. The van der Waals surface area contributed by atoms with Crippen molar-refractivity contribution in [3.63, 3.8) is 0 Å². The van der Waals surface area contributed by atoms with E-state index in [-0.39, 0.29) is 11.5 Å². The number of fused-ring (bicyclic) bond motifs is 2. The number of methoxy groups -OCH3 is 1. The Labute approximate surface area is 139 Å². The molecule has 0 unspecified atom stereocenters. The molecule has 0 heterocycles. The van der Waals surface area contributed by atoms with E-state index >= 15 is 0 Å². The van der Waals surface area contributed by atoms with E-state index in [1.807, 2.05) is 12.2 Å². The molecule has 0 aromatic heterocycles. The highest BCUT2D eigenvalue weighted by atomic mass is 16.5. The zero-order valence-electron chi connectivity index (χ0n) is 14.7. The van der Waals surface area contributed by atoms with E-state index in [1.165, 1.54) is 11.1 Å². The molecular weight excluding hydrogens is 288 g/mol. The number of carbonyl (C=O) groups is 1. The van der Waals surface area contributed by atoms with Crippen molar-refractivity contribution in [2.24, 2.45) is 17.3 Å². The van der Waals surface area contributed by atoms with Crippen LogP contribution in [0.15, 0.2) is 34.4 Å². The molecule has 3 aliphatic rings. The quantitative estimate of drug-likeness (QED) is 0.763. The summed E-state index contributed by atoms with van der Waals surface area (Å²) in [6.45, 7) is 6.91. The Kier molecular flexibility index (Phi) is 4.26. The van der Waals surface area contributed by atoms with Gasteiger partial charge in [0, 0.05) is 7.11 Å². The molecular formula is C20H28O3. The summed E-state index contributed by atoms with van der Waals surface area (Å²) >= 11 is 0. The standard InChI is InChI=1S/C20H28O3/c1-12-8-10-16-18(23-4)17-13(6-5-7-14(17)19(21)22)9-11-15(12)20(16,2)3/h5,7,14,16,18H,6,8-11H2,1-4H3,(H,21,22)/t14-,16-,18+/m0/s1. The number of aliphatic carboxylic acids is 1. The molecule has 2 bridgehead atoms. The molecule has 0 radical (unpaired) electrons. The molecule has 23 heavy (non-hydrogen) atoms. The lowest BCUT2D eigenvalue weighted by Gasteiger charge is -2.48. The molecule has 3 nitrogen and oxygen atoms in total. The molecule has 0 aliphatic heterocycles. The van der Waals surface area contributed by atoms with Gasteiger partial charge in [-0.25, -0.2) is 0 Å². The third-order valence-corrected chi connectivity index (χ3v) is 6.36. The number of hydrogen-bond donors (Lipinski definition) is 1. The van der Waals surface area contributed by atoms with Crippen molar-refractivity contribution in [1.29, 1.82) is 0 Å². The molecule has 126 valence electrons. The van der Waals surface area contributed by atoms with Gasteiger partial charge < -0.3 is 9.84 Å². The van der Waals surface area contributed by atoms with E-state index in [2.05, 4.69) is 20.8 Å². The molecule has 3 aliphatic carbocycles. The second-order valence-corrected chi connectivity index (χ2v) is 7.79. The van der Waals surface area contributed by atoms with Crippen LogP contribution in [0.3, 0.4) is 0 Å². The van der Waals surface area contributed by atoms with Crippen LogP contribution in [0.2, 0.25) is 0 Å². The van der Waals surface area contributed by atoms with E-state index in [0.717, 1.165) is 37.7 Å². The third-order valence-electron chi connectivity index (χ3n) is 6.36. The number of allylic oxidation sites excluding steroid dienone is 4. The predicted octanol–water partition coefficient (Wildman–Crippen LogP) is 4.51. The maximum atomic E-state index is 11.8. The molecule has 0 saturated heterocycles. The van der Waals surface area contributed by atoms with Crippen LogP contribution >= 0.6 is 0 Å². The third kappa shape index (κ3) is 2.59. The minimum atomic E-state index is -0.753. The summed E-state index contributed by atoms with van der Waals surface area (Å²) in [5, 5.41) is 9.70. The summed E-state index contributed by atoms with van der Waals surface area (Å²) < 4.78 is 5.96. The second kappa shape index (κ2) is 5.94. The Morgan fingerprint density at radius 2 is 2.04 bits per heavy atom. The monoisotopic (exact) mass is 316 g/mol. The summed E-state index contributed by atoms with van der Waals surface area (Å²) in [6, 6.07) is 0. The van der Waals surface area contributed by atoms with Crippen LogP contribution in [0.1, 0.15) is 52.9 Å². The molecule has 1 N–H and O–H groups in total. The van der Waals surface area contributed by atoms with E-state index < -0.39 is 11.9 Å². The van der Waals surface area contributed by atoms with E-state index in [9.17, 15) is 9.90 Å². The van der Waals surface area contributed by atoms with Gasteiger partial charge in [0.15, 0.2) is 0 Å². The average Bonchev–Trinajstić information content (AvgIpc) is 2.49. The first-order valence-corrected chi connectivity index (χ1v) is 8.71. The highest BCUT2D eigenvalue weighted by Gasteiger charge is 2.46. The van der Waals surface area contributed by atoms with Crippen molar-refractivity contribution in [2.45, 2.75) is 59.0 Å². The molecule has 0 spiro atoms.